The molecule has 1 N–H and O–H groups in total. The largest absolute Gasteiger partial charge is 0.384 e. The van der Waals surface area contributed by atoms with Crippen molar-refractivity contribution in [3.05, 3.63) is 24.2 Å². The van der Waals surface area contributed by atoms with Crippen molar-refractivity contribution in [1.29, 1.82) is 0 Å². The molecule has 15 heavy (non-hydrogen) atoms. The van der Waals surface area contributed by atoms with Crippen molar-refractivity contribution in [2.45, 2.75) is 6.54 Å². The topological polar surface area (TPSA) is 29.4 Å². The van der Waals surface area contributed by atoms with Crippen molar-refractivity contribution in [3.63, 3.8) is 0 Å². The first-order valence-electron chi connectivity index (χ1n) is 5.37. The average molecular weight is 205 g/mol. The molecule has 0 radical (unpaired) electrons. The van der Waals surface area contributed by atoms with Crippen molar-refractivity contribution in [2.75, 3.05) is 31.2 Å². The van der Waals surface area contributed by atoms with Crippen LogP contribution < -0.4 is 10.2 Å². The monoisotopic (exact) mass is 205 g/mol. The van der Waals surface area contributed by atoms with Crippen molar-refractivity contribution in [3.8, 4) is 0 Å². The van der Waals surface area contributed by atoms with E-state index in [2.05, 4.69) is 33.2 Å². The van der Waals surface area contributed by atoms with Gasteiger partial charge in [0, 0.05) is 37.4 Å². The fourth-order valence-corrected chi connectivity index (χ4v) is 2.08. The number of aromatic nitrogens is 1. The van der Waals surface area contributed by atoms with Crippen molar-refractivity contribution >= 4 is 11.9 Å². The van der Waals surface area contributed by atoms with Crippen LogP contribution in [0.1, 0.15) is 5.69 Å². The third kappa shape index (κ3) is 1.61. The minimum absolute atomic E-state index is 0.842. The van der Waals surface area contributed by atoms with Gasteiger partial charge in [-0.25, -0.2) is 0 Å². The molecule has 1 fully saturated rings. The Morgan fingerprint density at radius 2 is 2.13 bits per heavy atom. The number of rotatable bonds is 1. The van der Waals surface area contributed by atoms with Gasteiger partial charge in [0.15, 0.2) is 0 Å². The van der Waals surface area contributed by atoms with Gasteiger partial charge in [-0.05, 0) is 6.07 Å². The summed E-state index contributed by atoms with van der Waals surface area (Å²) in [4.78, 5) is 2.38. The lowest BCUT2D eigenvalue weighted by Crippen LogP contribution is -2.35. The Hall–Kier alpha value is -1.42. The van der Waals surface area contributed by atoms with Crippen LogP contribution in [-0.2, 0) is 11.3 Å². The Morgan fingerprint density at radius 1 is 1.27 bits per heavy atom. The van der Waals surface area contributed by atoms with Crippen molar-refractivity contribution < 1.29 is 4.74 Å². The van der Waals surface area contributed by atoms with E-state index in [1.165, 1.54) is 11.4 Å². The summed E-state index contributed by atoms with van der Waals surface area (Å²) in [6.07, 6.45) is 6.23. The maximum Gasteiger partial charge on any atom is 0.0642 e. The smallest absolute Gasteiger partial charge is 0.0642 e. The van der Waals surface area contributed by atoms with Gasteiger partial charge in [-0.15, -0.1) is 0 Å². The molecule has 0 bridgehead atoms. The molecule has 1 aromatic rings. The Morgan fingerprint density at radius 3 is 2.93 bits per heavy atom. The Kier molecular flexibility index (Phi) is 2.14. The number of ether oxygens (including phenoxy) is 1. The molecule has 1 saturated heterocycles. The van der Waals surface area contributed by atoms with Crippen LogP contribution in [0.4, 0.5) is 5.69 Å². The quantitative estimate of drug-likeness (QED) is 0.737. The number of morpholine rings is 1. The van der Waals surface area contributed by atoms with E-state index in [9.17, 15) is 0 Å². The van der Waals surface area contributed by atoms with Crippen LogP contribution in [0.25, 0.3) is 6.20 Å². The van der Waals surface area contributed by atoms with Crippen LogP contribution in [0.3, 0.4) is 0 Å². The van der Waals surface area contributed by atoms with E-state index in [1.54, 1.807) is 0 Å². The molecule has 0 spiro atoms. The van der Waals surface area contributed by atoms with Gasteiger partial charge < -0.3 is 19.5 Å². The minimum atomic E-state index is 0.842. The van der Waals surface area contributed by atoms with Gasteiger partial charge in [0.25, 0.3) is 0 Å². The number of nitrogens with zero attached hydrogens (tertiary/aromatic N) is 2. The van der Waals surface area contributed by atoms with Gasteiger partial charge >= 0.3 is 0 Å². The van der Waals surface area contributed by atoms with Gasteiger partial charge in [0.2, 0.25) is 0 Å². The van der Waals surface area contributed by atoms with Crippen LogP contribution >= 0.6 is 0 Å². The standard InChI is InChI=1S/C11H15N3O/c1-2-14-9-11(7-10(14)8-12-1)13-3-5-15-6-4-13/h1-2,7,9,12H,3-6,8H2. The number of fused-ring (bicyclic) bond motifs is 1. The van der Waals surface area contributed by atoms with E-state index in [0.717, 1.165) is 32.8 Å². The van der Waals surface area contributed by atoms with Gasteiger partial charge in [0.05, 0.1) is 25.4 Å². The van der Waals surface area contributed by atoms with Crippen LogP contribution in [-0.4, -0.2) is 30.9 Å². The number of anilines is 1. The van der Waals surface area contributed by atoms with Crippen LogP contribution in [0.5, 0.6) is 0 Å². The lowest BCUT2D eigenvalue weighted by Gasteiger charge is -2.27. The third-order valence-electron chi connectivity index (χ3n) is 2.93. The van der Waals surface area contributed by atoms with Crippen LogP contribution in [0.2, 0.25) is 0 Å². The highest BCUT2D eigenvalue weighted by Gasteiger charge is 2.14. The zero-order chi connectivity index (χ0) is 10.1. The molecule has 2 aliphatic heterocycles. The van der Waals surface area contributed by atoms with Gasteiger partial charge in [-0.1, -0.05) is 0 Å². The highest BCUT2D eigenvalue weighted by atomic mass is 16.5. The first-order chi connectivity index (χ1) is 7.43. The molecule has 1 aromatic heterocycles. The lowest BCUT2D eigenvalue weighted by molar-refractivity contribution is 0.122. The summed E-state index contributed by atoms with van der Waals surface area (Å²) in [6, 6.07) is 2.25. The molecule has 0 aromatic carbocycles. The van der Waals surface area contributed by atoms with Crippen molar-refractivity contribution in [2.24, 2.45) is 0 Å². The summed E-state index contributed by atoms with van der Waals surface area (Å²) in [7, 11) is 0. The molecule has 0 amide bonds. The fraction of sp³-hybridized carbons (Fsp3) is 0.455. The Balaban J connectivity index is 1.85. The number of hydrogen-bond acceptors (Lipinski definition) is 3. The molecule has 4 heteroatoms. The highest BCUT2D eigenvalue weighted by molar-refractivity contribution is 5.51. The Labute approximate surface area is 89.1 Å². The molecular formula is C11H15N3O. The van der Waals surface area contributed by atoms with E-state index in [4.69, 9.17) is 4.74 Å². The second kappa shape index (κ2) is 3.62. The van der Waals surface area contributed by atoms with Gasteiger partial charge in [0.1, 0.15) is 0 Å². The summed E-state index contributed by atoms with van der Waals surface area (Å²) < 4.78 is 7.53. The third-order valence-corrected chi connectivity index (χ3v) is 2.93. The van der Waals surface area contributed by atoms with Crippen LogP contribution in [0.15, 0.2) is 18.5 Å². The second-order valence-corrected chi connectivity index (χ2v) is 3.89. The average Bonchev–Trinajstić information content (AvgIpc) is 2.74. The molecule has 3 heterocycles. The maximum absolute atomic E-state index is 5.35. The molecule has 80 valence electrons. The lowest BCUT2D eigenvalue weighted by atomic mass is 10.3. The maximum atomic E-state index is 5.35. The van der Waals surface area contributed by atoms with Gasteiger partial charge in [-0.2, -0.15) is 0 Å². The SMILES string of the molecule is C1=Cn2cc(N3CCOCC3)cc2CN1. The van der Waals surface area contributed by atoms with Crippen LogP contribution in [0, 0.1) is 0 Å². The molecule has 4 nitrogen and oxygen atoms in total. The summed E-state index contributed by atoms with van der Waals surface area (Å²) in [5.41, 5.74) is 2.63. The molecular weight excluding hydrogens is 190 g/mol. The van der Waals surface area contributed by atoms with Crippen molar-refractivity contribution in [1.82, 2.24) is 9.88 Å². The molecule has 0 unspecified atom stereocenters. The highest BCUT2D eigenvalue weighted by Crippen LogP contribution is 2.21. The normalized spacial score (nSPS) is 19.9. The van der Waals surface area contributed by atoms with E-state index in [-0.39, 0.29) is 0 Å². The van der Waals surface area contributed by atoms with E-state index in [0.29, 0.717) is 0 Å². The first kappa shape index (κ1) is 8.85. The minimum Gasteiger partial charge on any atom is -0.384 e. The molecule has 0 saturated carbocycles. The fourth-order valence-electron chi connectivity index (χ4n) is 2.08. The van der Waals surface area contributed by atoms with E-state index in [1.807, 2.05) is 6.20 Å². The molecule has 3 rings (SSSR count). The van der Waals surface area contributed by atoms with E-state index < -0.39 is 0 Å². The van der Waals surface area contributed by atoms with Gasteiger partial charge in [-0.3, -0.25) is 0 Å². The summed E-state index contributed by atoms with van der Waals surface area (Å²) in [6.45, 7) is 4.60. The zero-order valence-electron chi connectivity index (χ0n) is 8.65. The number of nitrogens with one attached hydrogen (secondary N) is 1. The predicted octanol–water partition coefficient (Wildman–Crippen LogP) is 0.856. The summed E-state index contributed by atoms with van der Waals surface area (Å²) >= 11 is 0. The molecule has 0 atom stereocenters. The first-order valence-corrected chi connectivity index (χ1v) is 5.37. The summed E-state index contributed by atoms with van der Waals surface area (Å²) in [5, 5.41) is 3.21. The molecule has 2 aliphatic rings. The molecule has 0 aliphatic carbocycles. The summed E-state index contributed by atoms with van der Waals surface area (Å²) in [5.74, 6) is 0. The predicted molar refractivity (Wildman–Crippen MR) is 59.6 cm³/mol. The number of hydrogen-bond donors (Lipinski definition) is 1. The van der Waals surface area contributed by atoms with E-state index >= 15 is 0 Å². The second-order valence-electron chi connectivity index (χ2n) is 3.89. The Bertz CT molecular complexity index is 377. The zero-order valence-corrected chi connectivity index (χ0v) is 8.65.